The van der Waals surface area contributed by atoms with Crippen molar-refractivity contribution in [3.8, 4) is 5.75 Å². The first kappa shape index (κ1) is 20.5. The van der Waals surface area contributed by atoms with Crippen LogP contribution in [0.2, 0.25) is 0 Å². The fourth-order valence-electron chi connectivity index (χ4n) is 3.68. The molecule has 1 unspecified atom stereocenters. The van der Waals surface area contributed by atoms with E-state index >= 15 is 0 Å². The fourth-order valence-corrected chi connectivity index (χ4v) is 3.68. The number of aliphatic carboxylic acids is 1. The van der Waals surface area contributed by atoms with Crippen molar-refractivity contribution in [1.82, 2.24) is 10.3 Å². The van der Waals surface area contributed by atoms with Crippen LogP contribution < -0.4 is 10.1 Å². The van der Waals surface area contributed by atoms with Crippen molar-refractivity contribution in [3.05, 3.63) is 65.4 Å². The first-order chi connectivity index (χ1) is 13.8. The van der Waals surface area contributed by atoms with Crippen molar-refractivity contribution >= 4 is 22.8 Å². The van der Waals surface area contributed by atoms with E-state index < -0.39 is 11.5 Å². The quantitative estimate of drug-likeness (QED) is 0.540. The molecule has 1 atom stereocenters. The van der Waals surface area contributed by atoms with E-state index in [0.29, 0.717) is 17.7 Å². The summed E-state index contributed by atoms with van der Waals surface area (Å²) in [5.41, 5.74) is 2.96. The van der Waals surface area contributed by atoms with Gasteiger partial charge in [0.05, 0.1) is 19.1 Å². The molecule has 1 aromatic heterocycles. The third-order valence-corrected chi connectivity index (χ3v) is 5.26. The van der Waals surface area contributed by atoms with E-state index in [1.54, 1.807) is 38.3 Å². The highest BCUT2D eigenvalue weighted by Crippen LogP contribution is 2.28. The molecule has 3 N–H and O–H groups in total. The number of aromatic nitrogens is 1. The summed E-state index contributed by atoms with van der Waals surface area (Å²) in [5, 5.41) is 13.4. The van der Waals surface area contributed by atoms with Gasteiger partial charge in [0, 0.05) is 23.5 Å². The van der Waals surface area contributed by atoms with Crippen LogP contribution in [0.25, 0.3) is 10.9 Å². The molecule has 0 saturated heterocycles. The Bertz CT molecular complexity index is 1040. The van der Waals surface area contributed by atoms with E-state index in [2.05, 4.69) is 10.3 Å². The Labute approximate surface area is 169 Å². The van der Waals surface area contributed by atoms with E-state index in [0.717, 1.165) is 22.0 Å². The number of aromatic amines is 1. The number of H-pyrrole nitrogens is 1. The summed E-state index contributed by atoms with van der Waals surface area (Å²) in [4.78, 5) is 27.5. The molecular formula is C23H26N2O4. The van der Waals surface area contributed by atoms with Gasteiger partial charge in [-0.1, -0.05) is 30.3 Å². The number of hydrogen-bond donors (Lipinski definition) is 3. The molecule has 0 bridgehead atoms. The summed E-state index contributed by atoms with van der Waals surface area (Å²) in [5.74, 6) is -0.566. The van der Waals surface area contributed by atoms with Gasteiger partial charge < -0.3 is 20.1 Å². The molecule has 29 heavy (non-hydrogen) atoms. The number of carbonyl (C=O) groups is 2. The number of fused-ring (bicyclic) bond motifs is 1. The van der Waals surface area contributed by atoms with E-state index in [1.807, 2.05) is 31.3 Å². The molecule has 1 amide bonds. The number of aryl methyl sites for hydroxylation is 2. The van der Waals surface area contributed by atoms with Crippen molar-refractivity contribution < 1.29 is 19.4 Å². The molecule has 0 aliphatic carbocycles. The Morgan fingerprint density at radius 1 is 1.21 bits per heavy atom. The third-order valence-electron chi connectivity index (χ3n) is 5.26. The minimum atomic E-state index is -1.03. The fraction of sp³-hybridized carbons (Fsp3) is 0.304. The van der Waals surface area contributed by atoms with Gasteiger partial charge in [-0.2, -0.15) is 0 Å². The van der Waals surface area contributed by atoms with E-state index in [-0.39, 0.29) is 18.7 Å². The third kappa shape index (κ3) is 4.59. The van der Waals surface area contributed by atoms with Gasteiger partial charge in [-0.05, 0) is 49.1 Å². The lowest BCUT2D eigenvalue weighted by molar-refractivity contribution is -0.139. The van der Waals surface area contributed by atoms with Crippen LogP contribution >= 0.6 is 0 Å². The topological polar surface area (TPSA) is 91.4 Å². The monoisotopic (exact) mass is 394 g/mol. The first-order valence-electron chi connectivity index (χ1n) is 9.55. The molecule has 0 radical (unpaired) electrons. The Hall–Kier alpha value is -3.28. The summed E-state index contributed by atoms with van der Waals surface area (Å²) in [6.45, 7) is 3.77. The standard InChI is InChI=1S/C23H26N2O4/c1-15-6-4-9-19-16(14-24-22(15)19)10-11-20(26)25-23(2,13-21(27)28)17-7-5-8-18(12-17)29-3/h4-9,12,14,24H,10-11,13H2,1-3H3,(H,25,26)(H,27,28). The van der Waals surface area contributed by atoms with Crippen LogP contribution in [0.4, 0.5) is 0 Å². The number of rotatable bonds is 8. The predicted octanol–water partition coefficient (Wildman–Crippen LogP) is 3.92. The highest BCUT2D eigenvalue weighted by Gasteiger charge is 2.31. The first-order valence-corrected chi connectivity index (χ1v) is 9.55. The molecule has 0 spiro atoms. The molecule has 3 aromatic rings. The molecule has 6 nitrogen and oxygen atoms in total. The van der Waals surface area contributed by atoms with Gasteiger partial charge in [0.2, 0.25) is 5.91 Å². The van der Waals surface area contributed by atoms with Crippen LogP contribution in [0.5, 0.6) is 5.75 Å². The van der Waals surface area contributed by atoms with E-state index in [9.17, 15) is 14.7 Å². The lowest BCUT2D eigenvalue weighted by Crippen LogP contribution is -2.45. The van der Waals surface area contributed by atoms with Gasteiger partial charge in [-0.15, -0.1) is 0 Å². The largest absolute Gasteiger partial charge is 0.497 e. The van der Waals surface area contributed by atoms with Gasteiger partial charge in [0.1, 0.15) is 5.75 Å². The Morgan fingerprint density at radius 3 is 2.69 bits per heavy atom. The molecule has 0 aliphatic heterocycles. The van der Waals surface area contributed by atoms with Crippen LogP contribution in [0.3, 0.4) is 0 Å². The minimum Gasteiger partial charge on any atom is -0.497 e. The lowest BCUT2D eigenvalue weighted by atomic mass is 9.88. The van der Waals surface area contributed by atoms with Crippen molar-refractivity contribution in [2.75, 3.05) is 7.11 Å². The molecule has 152 valence electrons. The van der Waals surface area contributed by atoms with Crippen molar-refractivity contribution in [3.63, 3.8) is 0 Å². The Kier molecular flexibility index (Phi) is 5.92. The van der Waals surface area contributed by atoms with Gasteiger partial charge in [-0.3, -0.25) is 9.59 Å². The van der Waals surface area contributed by atoms with Crippen molar-refractivity contribution in [2.24, 2.45) is 0 Å². The maximum atomic E-state index is 12.7. The second-order valence-corrected chi connectivity index (χ2v) is 7.49. The summed E-state index contributed by atoms with van der Waals surface area (Å²) >= 11 is 0. The number of hydrogen-bond acceptors (Lipinski definition) is 3. The zero-order chi connectivity index (χ0) is 21.0. The second kappa shape index (κ2) is 8.39. The number of carboxylic acid groups (broad SMARTS) is 1. The molecule has 6 heteroatoms. The maximum absolute atomic E-state index is 12.7. The van der Waals surface area contributed by atoms with Crippen LogP contribution in [0, 0.1) is 6.92 Å². The summed E-state index contributed by atoms with van der Waals surface area (Å²) < 4.78 is 5.24. The normalized spacial score (nSPS) is 13.1. The van der Waals surface area contributed by atoms with E-state index in [4.69, 9.17) is 4.74 Å². The number of amides is 1. The highest BCUT2D eigenvalue weighted by molar-refractivity contribution is 5.86. The summed E-state index contributed by atoms with van der Waals surface area (Å²) in [6.07, 6.45) is 2.54. The minimum absolute atomic E-state index is 0.196. The molecule has 3 rings (SSSR count). The smallest absolute Gasteiger partial charge is 0.306 e. The number of carboxylic acids is 1. The van der Waals surface area contributed by atoms with Gasteiger partial charge in [0.15, 0.2) is 0 Å². The number of para-hydroxylation sites is 1. The number of carbonyl (C=O) groups excluding carboxylic acids is 1. The SMILES string of the molecule is COc1cccc(C(C)(CC(=O)O)NC(=O)CCc2c[nH]c3c(C)cccc23)c1. The van der Waals surface area contributed by atoms with Gasteiger partial charge >= 0.3 is 5.97 Å². The number of nitrogens with one attached hydrogen (secondary N) is 2. The molecular weight excluding hydrogens is 368 g/mol. The average Bonchev–Trinajstić information content (AvgIpc) is 3.10. The molecule has 0 aliphatic rings. The zero-order valence-corrected chi connectivity index (χ0v) is 16.9. The maximum Gasteiger partial charge on any atom is 0.306 e. The van der Waals surface area contributed by atoms with Crippen LogP contribution in [0.15, 0.2) is 48.7 Å². The Balaban J connectivity index is 1.76. The highest BCUT2D eigenvalue weighted by atomic mass is 16.5. The molecule has 0 fully saturated rings. The molecule has 0 saturated carbocycles. The number of ether oxygens (including phenoxy) is 1. The van der Waals surface area contributed by atoms with Gasteiger partial charge in [-0.25, -0.2) is 0 Å². The Morgan fingerprint density at radius 2 is 1.97 bits per heavy atom. The average molecular weight is 394 g/mol. The van der Waals surface area contributed by atoms with Crippen LogP contribution in [-0.2, 0) is 21.5 Å². The van der Waals surface area contributed by atoms with Crippen LogP contribution in [-0.4, -0.2) is 29.1 Å². The second-order valence-electron chi connectivity index (χ2n) is 7.49. The van der Waals surface area contributed by atoms with E-state index in [1.165, 1.54) is 0 Å². The van der Waals surface area contributed by atoms with Gasteiger partial charge in [0.25, 0.3) is 0 Å². The van der Waals surface area contributed by atoms with Crippen LogP contribution in [0.1, 0.15) is 36.5 Å². The summed E-state index contributed by atoms with van der Waals surface area (Å²) in [6, 6.07) is 13.2. The zero-order valence-electron chi connectivity index (χ0n) is 16.9. The number of benzene rings is 2. The predicted molar refractivity (Wildman–Crippen MR) is 112 cm³/mol. The number of methoxy groups -OCH3 is 1. The molecule has 2 aromatic carbocycles. The lowest BCUT2D eigenvalue weighted by Gasteiger charge is -2.30. The van der Waals surface area contributed by atoms with Crippen molar-refractivity contribution in [1.29, 1.82) is 0 Å². The van der Waals surface area contributed by atoms with Crippen molar-refractivity contribution in [2.45, 2.75) is 38.6 Å². The summed E-state index contributed by atoms with van der Waals surface area (Å²) in [7, 11) is 1.55. The molecule has 1 heterocycles.